The van der Waals surface area contributed by atoms with E-state index in [1.54, 1.807) is 13.3 Å². The number of pyridine rings is 1. The van der Waals surface area contributed by atoms with Crippen molar-refractivity contribution in [2.24, 2.45) is 5.73 Å². The van der Waals surface area contributed by atoms with Gasteiger partial charge in [-0.1, -0.05) is 6.58 Å². The van der Waals surface area contributed by atoms with Crippen molar-refractivity contribution in [3.63, 3.8) is 0 Å². The van der Waals surface area contributed by atoms with Gasteiger partial charge in [0.05, 0.1) is 30.4 Å². The molecule has 0 spiro atoms. The zero-order valence-corrected chi connectivity index (χ0v) is 15.0. The summed E-state index contributed by atoms with van der Waals surface area (Å²) < 4.78 is 12.5. The molecule has 0 aliphatic carbocycles. The van der Waals surface area contributed by atoms with Crippen molar-refractivity contribution in [3.8, 4) is 28.6 Å². The molecule has 0 bridgehead atoms. The quantitative estimate of drug-likeness (QED) is 0.707. The molecule has 2 aromatic heterocycles. The van der Waals surface area contributed by atoms with Crippen LogP contribution in [0.2, 0.25) is 0 Å². The summed E-state index contributed by atoms with van der Waals surface area (Å²) >= 11 is 0. The van der Waals surface area contributed by atoms with Gasteiger partial charge in [-0.2, -0.15) is 5.10 Å². The number of aromatic nitrogens is 3. The number of benzene rings is 1. The number of ether oxygens (including phenoxy) is 2. The molecule has 0 radical (unpaired) electrons. The highest BCUT2D eigenvalue weighted by atomic mass is 16.5. The van der Waals surface area contributed by atoms with Crippen LogP contribution >= 0.6 is 0 Å². The maximum atomic E-state index is 5.54. The van der Waals surface area contributed by atoms with Gasteiger partial charge in [-0.25, -0.2) is 9.67 Å². The predicted octanol–water partition coefficient (Wildman–Crippen LogP) is 3.31. The molecule has 1 aromatic carbocycles. The van der Waals surface area contributed by atoms with E-state index in [1.165, 1.54) is 0 Å². The first kappa shape index (κ1) is 17.7. The third-order valence-corrected chi connectivity index (χ3v) is 3.86. The van der Waals surface area contributed by atoms with Gasteiger partial charge in [-0.3, -0.25) is 0 Å². The predicted molar refractivity (Wildman–Crippen MR) is 103 cm³/mol. The second-order valence-corrected chi connectivity index (χ2v) is 5.83. The van der Waals surface area contributed by atoms with Crippen molar-refractivity contribution in [2.45, 2.75) is 6.92 Å². The van der Waals surface area contributed by atoms with E-state index < -0.39 is 0 Å². The molecule has 134 valence electrons. The lowest BCUT2D eigenvalue weighted by Gasteiger charge is -2.09. The molecule has 0 aliphatic heterocycles. The molecule has 6 nitrogen and oxygen atoms in total. The third-order valence-electron chi connectivity index (χ3n) is 3.86. The van der Waals surface area contributed by atoms with Crippen LogP contribution in [-0.4, -0.2) is 35.0 Å². The van der Waals surface area contributed by atoms with Gasteiger partial charge in [0.15, 0.2) is 0 Å². The molecule has 26 heavy (non-hydrogen) atoms. The van der Waals surface area contributed by atoms with Gasteiger partial charge in [-0.15, -0.1) is 0 Å². The molecular formula is C20H22N4O2. The number of nitrogens with zero attached hydrogens (tertiary/aromatic N) is 3. The number of hydrogen-bond acceptors (Lipinski definition) is 5. The Kier molecular flexibility index (Phi) is 5.34. The topological polar surface area (TPSA) is 75.2 Å². The number of hydrogen-bond donors (Lipinski definition) is 1. The van der Waals surface area contributed by atoms with Gasteiger partial charge in [0.25, 0.3) is 0 Å². The summed E-state index contributed by atoms with van der Waals surface area (Å²) in [7, 11) is 1.59. The van der Waals surface area contributed by atoms with Crippen LogP contribution < -0.4 is 15.2 Å². The molecular weight excluding hydrogens is 328 g/mol. The highest BCUT2D eigenvalue weighted by Crippen LogP contribution is 2.28. The minimum Gasteiger partial charge on any atom is -0.492 e. The van der Waals surface area contributed by atoms with Crippen LogP contribution in [0.3, 0.4) is 0 Å². The van der Waals surface area contributed by atoms with E-state index >= 15 is 0 Å². The summed E-state index contributed by atoms with van der Waals surface area (Å²) in [5.74, 6) is 1.35. The summed E-state index contributed by atoms with van der Waals surface area (Å²) in [6.07, 6.45) is 1.73. The molecule has 3 aromatic rings. The first-order valence-electron chi connectivity index (χ1n) is 8.32. The summed E-state index contributed by atoms with van der Waals surface area (Å²) in [6, 6.07) is 13.6. The third kappa shape index (κ3) is 3.75. The Morgan fingerprint density at radius 2 is 1.96 bits per heavy atom. The van der Waals surface area contributed by atoms with Gasteiger partial charge >= 0.3 is 0 Å². The van der Waals surface area contributed by atoms with Crippen LogP contribution in [0.5, 0.6) is 11.6 Å². The number of nitrogens with two attached hydrogens (primary N) is 1. The summed E-state index contributed by atoms with van der Waals surface area (Å²) in [4.78, 5) is 4.27. The molecule has 6 heteroatoms. The van der Waals surface area contributed by atoms with E-state index in [4.69, 9.17) is 15.2 Å². The van der Waals surface area contributed by atoms with Gasteiger partial charge in [0.1, 0.15) is 12.4 Å². The second-order valence-electron chi connectivity index (χ2n) is 5.83. The molecule has 0 saturated carbocycles. The first-order valence-corrected chi connectivity index (χ1v) is 8.32. The maximum Gasteiger partial charge on any atom is 0.213 e. The first-order chi connectivity index (χ1) is 12.6. The standard InChI is InChI=1S/C20H22N4O2/c1-14(2)18-12-19(15-4-7-17(8-5-15)26-11-10-21)24(23-18)16-6-9-20(25-3)22-13-16/h4-9,12-13H,1,10-11,21H2,2-3H3. The zero-order chi connectivity index (χ0) is 18.5. The van der Waals surface area contributed by atoms with Gasteiger partial charge < -0.3 is 15.2 Å². The van der Waals surface area contributed by atoms with E-state index in [-0.39, 0.29) is 0 Å². The number of methoxy groups -OCH3 is 1. The Hall–Kier alpha value is -3.12. The molecule has 2 N–H and O–H groups in total. The van der Waals surface area contributed by atoms with E-state index in [1.807, 2.05) is 54.1 Å². The fraction of sp³-hybridized carbons (Fsp3) is 0.200. The van der Waals surface area contributed by atoms with Crippen molar-refractivity contribution in [1.82, 2.24) is 14.8 Å². The van der Waals surface area contributed by atoms with Gasteiger partial charge in [-0.05, 0) is 48.9 Å². The number of rotatable bonds is 7. The van der Waals surface area contributed by atoms with E-state index in [0.29, 0.717) is 19.0 Å². The Morgan fingerprint density at radius 3 is 2.54 bits per heavy atom. The smallest absolute Gasteiger partial charge is 0.213 e. The van der Waals surface area contributed by atoms with Crippen molar-refractivity contribution < 1.29 is 9.47 Å². The van der Waals surface area contributed by atoms with Crippen LogP contribution in [0, 0.1) is 0 Å². The lowest BCUT2D eigenvalue weighted by molar-refractivity contribution is 0.328. The molecule has 0 aliphatic rings. The number of allylic oxidation sites excluding steroid dienone is 1. The van der Waals surface area contributed by atoms with Gasteiger partial charge in [0.2, 0.25) is 5.88 Å². The minimum atomic E-state index is 0.487. The normalized spacial score (nSPS) is 10.6. The lowest BCUT2D eigenvalue weighted by Crippen LogP contribution is -2.10. The maximum absolute atomic E-state index is 5.54. The summed E-state index contributed by atoms with van der Waals surface area (Å²) in [5, 5.41) is 4.67. The molecule has 0 atom stereocenters. The van der Waals surface area contributed by atoms with E-state index in [0.717, 1.165) is 34.0 Å². The van der Waals surface area contributed by atoms with Crippen molar-refractivity contribution >= 4 is 5.57 Å². The fourth-order valence-corrected chi connectivity index (χ4v) is 2.51. The van der Waals surface area contributed by atoms with Crippen LogP contribution in [0.1, 0.15) is 12.6 Å². The van der Waals surface area contributed by atoms with E-state index in [9.17, 15) is 0 Å². The monoisotopic (exact) mass is 350 g/mol. The van der Waals surface area contributed by atoms with E-state index in [2.05, 4.69) is 16.7 Å². The molecule has 3 rings (SSSR count). The lowest BCUT2D eigenvalue weighted by atomic mass is 10.1. The molecule has 0 unspecified atom stereocenters. The van der Waals surface area contributed by atoms with Crippen LogP contribution in [0.4, 0.5) is 0 Å². The Balaban J connectivity index is 2.00. The average molecular weight is 350 g/mol. The molecule has 0 amide bonds. The van der Waals surface area contributed by atoms with Crippen LogP contribution in [0.25, 0.3) is 22.5 Å². The highest BCUT2D eigenvalue weighted by Gasteiger charge is 2.13. The minimum absolute atomic E-state index is 0.487. The Labute approximate surface area is 152 Å². The average Bonchev–Trinajstić information content (AvgIpc) is 3.12. The van der Waals surface area contributed by atoms with Gasteiger partial charge in [0, 0.05) is 18.2 Å². The van der Waals surface area contributed by atoms with Crippen molar-refractivity contribution in [3.05, 3.63) is 60.9 Å². The van der Waals surface area contributed by atoms with Crippen LogP contribution in [0.15, 0.2) is 55.2 Å². The SMILES string of the molecule is C=C(C)c1cc(-c2ccc(OCCN)cc2)n(-c2ccc(OC)nc2)n1. The molecule has 0 fully saturated rings. The van der Waals surface area contributed by atoms with Crippen molar-refractivity contribution in [1.29, 1.82) is 0 Å². The summed E-state index contributed by atoms with van der Waals surface area (Å²) in [6.45, 7) is 6.92. The second kappa shape index (κ2) is 7.84. The molecule has 2 heterocycles. The largest absolute Gasteiger partial charge is 0.492 e. The molecule has 0 saturated heterocycles. The Morgan fingerprint density at radius 1 is 1.19 bits per heavy atom. The van der Waals surface area contributed by atoms with Crippen LogP contribution in [-0.2, 0) is 0 Å². The van der Waals surface area contributed by atoms with Crippen molar-refractivity contribution in [2.75, 3.05) is 20.3 Å². The fourth-order valence-electron chi connectivity index (χ4n) is 2.51. The zero-order valence-electron chi connectivity index (χ0n) is 15.0. The summed E-state index contributed by atoms with van der Waals surface area (Å²) in [5.41, 5.74) is 10.0. The highest BCUT2D eigenvalue weighted by molar-refractivity contribution is 5.69. The Bertz CT molecular complexity index is 883.